The fourth-order valence-corrected chi connectivity index (χ4v) is 2.19. The first-order valence-electron chi connectivity index (χ1n) is 4.67. The van der Waals surface area contributed by atoms with Crippen LogP contribution in [0.25, 0.3) is 0 Å². The van der Waals surface area contributed by atoms with Gasteiger partial charge < -0.3 is 5.73 Å². The summed E-state index contributed by atoms with van der Waals surface area (Å²) < 4.78 is 1.14. The Morgan fingerprint density at radius 3 is 2.23 bits per heavy atom. The van der Waals surface area contributed by atoms with Gasteiger partial charge in [-0.2, -0.15) is 0 Å². The molecule has 1 aliphatic rings. The summed E-state index contributed by atoms with van der Waals surface area (Å²) in [4.78, 5) is 0. The van der Waals surface area contributed by atoms with Crippen LogP contribution >= 0.6 is 15.9 Å². The van der Waals surface area contributed by atoms with Crippen molar-refractivity contribution in [2.75, 3.05) is 0 Å². The van der Waals surface area contributed by atoms with Gasteiger partial charge in [-0.25, -0.2) is 0 Å². The van der Waals surface area contributed by atoms with Gasteiger partial charge in [0.1, 0.15) is 0 Å². The SMILES string of the molecule is C[C@@H](N)C1(c2ccc(Br)cc2)CC1. The summed E-state index contributed by atoms with van der Waals surface area (Å²) in [6, 6.07) is 8.82. The van der Waals surface area contributed by atoms with E-state index in [-0.39, 0.29) is 6.04 Å². The van der Waals surface area contributed by atoms with Crippen LogP contribution < -0.4 is 5.73 Å². The van der Waals surface area contributed by atoms with Crippen LogP contribution in [-0.2, 0) is 5.41 Å². The first-order valence-corrected chi connectivity index (χ1v) is 5.46. The predicted octanol–water partition coefficient (Wildman–Crippen LogP) is 2.83. The van der Waals surface area contributed by atoms with Crippen LogP contribution in [-0.4, -0.2) is 6.04 Å². The molecule has 1 aliphatic carbocycles. The van der Waals surface area contributed by atoms with Crippen molar-refractivity contribution >= 4 is 15.9 Å². The minimum Gasteiger partial charge on any atom is -0.327 e. The van der Waals surface area contributed by atoms with Gasteiger partial charge in [0.25, 0.3) is 0 Å². The second-order valence-electron chi connectivity index (χ2n) is 3.95. The molecule has 1 nitrogen and oxygen atoms in total. The van der Waals surface area contributed by atoms with Crippen LogP contribution in [0, 0.1) is 0 Å². The van der Waals surface area contributed by atoms with Crippen molar-refractivity contribution in [2.45, 2.75) is 31.2 Å². The van der Waals surface area contributed by atoms with E-state index < -0.39 is 0 Å². The molecule has 0 radical (unpaired) electrons. The zero-order valence-corrected chi connectivity index (χ0v) is 9.34. The van der Waals surface area contributed by atoms with Gasteiger partial charge in [-0.3, -0.25) is 0 Å². The standard InChI is InChI=1S/C11H14BrN/c1-8(13)11(6-7-11)9-2-4-10(12)5-3-9/h2-5,8H,6-7,13H2,1H3/t8-/m1/s1. The maximum atomic E-state index is 5.99. The fraction of sp³-hybridized carbons (Fsp3) is 0.455. The molecule has 1 aromatic carbocycles. The average Bonchev–Trinajstić information content (AvgIpc) is 2.86. The third kappa shape index (κ3) is 1.53. The van der Waals surface area contributed by atoms with Gasteiger partial charge in [-0.15, -0.1) is 0 Å². The highest BCUT2D eigenvalue weighted by atomic mass is 79.9. The Bertz CT molecular complexity index is 298. The molecule has 1 fully saturated rings. The monoisotopic (exact) mass is 239 g/mol. The summed E-state index contributed by atoms with van der Waals surface area (Å²) in [5.41, 5.74) is 7.68. The van der Waals surface area contributed by atoms with Crippen molar-refractivity contribution in [1.82, 2.24) is 0 Å². The number of nitrogens with two attached hydrogens (primary N) is 1. The predicted molar refractivity (Wildman–Crippen MR) is 58.7 cm³/mol. The molecule has 0 saturated heterocycles. The van der Waals surface area contributed by atoms with E-state index in [4.69, 9.17) is 5.73 Å². The van der Waals surface area contributed by atoms with Crippen LogP contribution in [0.5, 0.6) is 0 Å². The molecule has 1 atom stereocenters. The van der Waals surface area contributed by atoms with Gasteiger partial charge >= 0.3 is 0 Å². The minimum absolute atomic E-state index is 0.272. The Morgan fingerprint density at radius 1 is 1.31 bits per heavy atom. The van der Waals surface area contributed by atoms with Crippen molar-refractivity contribution in [2.24, 2.45) is 5.73 Å². The summed E-state index contributed by atoms with van der Waals surface area (Å²) >= 11 is 3.44. The molecule has 1 saturated carbocycles. The van der Waals surface area contributed by atoms with Crippen LogP contribution in [0.4, 0.5) is 0 Å². The Kier molecular flexibility index (Phi) is 2.20. The Morgan fingerprint density at radius 2 is 1.85 bits per heavy atom. The van der Waals surface area contributed by atoms with Crippen LogP contribution in [0.15, 0.2) is 28.7 Å². The smallest absolute Gasteiger partial charge is 0.0175 e. The highest BCUT2D eigenvalue weighted by molar-refractivity contribution is 9.10. The van der Waals surface area contributed by atoms with E-state index in [9.17, 15) is 0 Å². The lowest BCUT2D eigenvalue weighted by atomic mass is 9.90. The lowest BCUT2D eigenvalue weighted by Gasteiger charge is -2.19. The summed E-state index contributed by atoms with van der Waals surface area (Å²) in [5, 5.41) is 0. The molecule has 0 unspecified atom stereocenters. The largest absolute Gasteiger partial charge is 0.327 e. The Balaban J connectivity index is 2.31. The first-order chi connectivity index (χ1) is 6.15. The molecule has 70 valence electrons. The van der Waals surface area contributed by atoms with Crippen molar-refractivity contribution in [3.63, 3.8) is 0 Å². The molecule has 1 aromatic rings. The molecule has 2 heteroatoms. The molecule has 2 N–H and O–H groups in total. The van der Waals surface area contributed by atoms with E-state index in [0.717, 1.165) is 4.47 Å². The molecule has 0 bridgehead atoms. The zero-order chi connectivity index (χ0) is 9.47. The number of hydrogen-bond donors (Lipinski definition) is 1. The third-order valence-corrected chi connectivity index (χ3v) is 3.61. The molecular formula is C11H14BrN. The summed E-state index contributed by atoms with van der Waals surface area (Å²) in [5.74, 6) is 0. The van der Waals surface area contributed by atoms with Crippen LogP contribution in [0.3, 0.4) is 0 Å². The number of hydrogen-bond acceptors (Lipinski definition) is 1. The normalized spacial score (nSPS) is 21.2. The van der Waals surface area contributed by atoms with E-state index in [1.807, 2.05) is 0 Å². The van der Waals surface area contributed by atoms with Crippen molar-refractivity contribution in [3.05, 3.63) is 34.3 Å². The Hall–Kier alpha value is -0.340. The number of rotatable bonds is 2. The molecule has 2 rings (SSSR count). The highest BCUT2D eigenvalue weighted by Crippen LogP contribution is 2.50. The Labute approximate surface area is 87.5 Å². The minimum atomic E-state index is 0.272. The van der Waals surface area contributed by atoms with E-state index in [2.05, 4.69) is 47.1 Å². The van der Waals surface area contributed by atoms with Crippen molar-refractivity contribution < 1.29 is 0 Å². The molecule has 0 amide bonds. The van der Waals surface area contributed by atoms with Gasteiger partial charge in [-0.05, 0) is 37.5 Å². The fourth-order valence-electron chi connectivity index (χ4n) is 1.92. The van der Waals surface area contributed by atoms with Gasteiger partial charge in [0, 0.05) is 15.9 Å². The van der Waals surface area contributed by atoms with Crippen molar-refractivity contribution in [3.8, 4) is 0 Å². The second-order valence-corrected chi connectivity index (χ2v) is 4.87. The van der Waals surface area contributed by atoms with Gasteiger partial charge in [-0.1, -0.05) is 28.1 Å². The summed E-state index contributed by atoms with van der Waals surface area (Å²) in [7, 11) is 0. The van der Waals surface area contributed by atoms with E-state index in [1.54, 1.807) is 0 Å². The molecule has 0 aliphatic heterocycles. The third-order valence-electron chi connectivity index (χ3n) is 3.08. The second kappa shape index (κ2) is 3.10. The average molecular weight is 240 g/mol. The maximum absolute atomic E-state index is 5.99. The molecule has 0 spiro atoms. The topological polar surface area (TPSA) is 26.0 Å². The lowest BCUT2D eigenvalue weighted by molar-refractivity contribution is 0.556. The number of benzene rings is 1. The van der Waals surface area contributed by atoms with Gasteiger partial charge in [0.15, 0.2) is 0 Å². The van der Waals surface area contributed by atoms with E-state index in [1.165, 1.54) is 18.4 Å². The van der Waals surface area contributed by atoms with Crippen LogP contribution in [0.1, 0.15) is 25.3 Å². The molecular weight excluding hydrogens is 226 g/mol. The quantitative estimate of drug-likeness (QED) is 0.845. The van der Waals surface area contributed by atoms with Gasteiger partial charge in [0.2, 0.25) is 0 Å². The first kappa shape index (κ1) is 9.22. The van der Waals surface area contributed by atoms with Crippen molar-refractivity contribution in [1.29, 1.82) is 0 Å². The zero-order valence-electron chi connectivity index (χ0n) is 7.76. The lowest BCUT2D eigenvalue weighted by Crippen LogP contribution is -2.31. The van der Waals surface area contributed by atoms with E-state index in [0.29, 0.717) is 5.41 Å². The number of halogens is 1. The maximum Gasteiger partial charge on any atom is 0.0175 e. The van der Waals surface area contributed by atoms with E-state index >= 15 is 0 Å². The van der Waals surface area contributed by atoms with Crippen LogP contribution in [0.2, 0.25) is 0 Å². The highest BCUT2D eigenvalue weighted by Gasteiger charge is 2.47. The molecule has 0 aromatic heterocycles. The van der Waals surface area contributed by atoms with Gasteiger partial charge in [0.05, 0.1) is 0 Å². The summed E-state index contributed by atoms with van der Waals surface area (Å²) in [6.07, 6.45) is 2.48. The molecule has 0 heterocycles. The molecule has 13 heavy (non-hydrogen) atoms. The summed E-state index contributed by atoms with van der Waals surface area (Å²) in [6.45, 7) is 2.11.